The van der Waals surface area contributed by atoms with Crippen molar-refractivity contribution in [1.29, 1.82) is 0 Å². The van der Waals surface area contributed by atoms with E-state index in [9.17, 15) is 4.79 Å². The molecule has 2 amide bonds. The number of hydrogen-bond acceptors (Lipinski definition) is 2. The van der Waals surface area contributed by atoms with Gasteiger partial charge in [0.05, 0.1) is 12.2 Å². The molecule has 0 fully saturated rings. The minimum absolute atomic E-state index is 0.315. The highest BCUT2D eigenvalue weighted by molar-refractivity contribution is 6.36. The van der Waals surface area contributed by atoms with E-state index in [1.54, 1.807) is 18.3 Å². The Morgan fingerprint density at radius 3 is 2.35 bits per heavy atom. The molecule has 0 aromatic heterocycles. The van der Waals surface area contributed by atoms with Crippen molar-refractivity contribution < 1.29 is 4.79 Å². The van der Waals surface area contributed by atoms with Crippen molar-refractivity contribution in [3.8, 4) is 0 Å². The maximum atomic E-state index is 11.8. The number of urea groups is 1. The van der Waals surface area contributed by atoms with Gasteiger partial charge in [0.2, 0.25) is 0 Å². The number of nitrogens with one attached hydrogen (secondary N) is 1. The van der Waals surface area contributed by atoms with E-state index >= 15 is 0 Å². The Morgan fingerprint density at radius 1 is 1.09 bits per heavy atom. The minimum Gasteiger partial charge on any atom is -0.331 e. The number of carbonyl (C=O) groups is 1. The number of nitrogens with zero attached hydrogens (tertiary/aromatic N) is 2. The van der Waals surface area contributed by atoms with Gasteiger partial charge in [-0.25, -0.2) is 4.79 Å². The van der Waals surface area contributed by atoms with Crippen molar-refractivity contribution in [2.24, 2.45) is 5.10 Å². The maximum absolute atomic E-state index is 11.8. The number of rotatable bonds is 3. The van der Waals surface area contributed by atoms with Crippen molar-refractivity contribution in [1.82, 2.24) is 5.32 Å². The van der Waals surface area contributed by atoms with Crippen molar-refractivity contribution in [2.75, 3.05) is 11.6 Å². The molecule has 0 saturated carbocycles. The van der Waals surface area contributed by atoms with E-state index in [2.05, 4.69) is 10.4 Å². The van der Waals surface area contributed by atoms with Gasteiger partial charge in [0.25, 0.3) is 0 Å². The number of amides is 2. The summed E-state index contributed by atoms with van der Waals surface area (Å²) in [7, 11) is 0. The number of hydrazone groups is 1. The van der Waals surface area contributed by atoms with E-state index in [1.165, 1.54) is 5.01 Å². The number of carbonyl (C=O) groups excluding carboxylic acids is 1. The summed E-state index contributed by atoms with van der Waals surface area (Å²) < 4.78 is 0. The predicted molar refractivity (Wildman–Crippen MR) is 95.1 cm³/mol. The molecule has 1 aliphatic rings. The van der Waals surface area contributed by atoms with Crippen LogP contribution in [-0.2, 0) is 6.42 Å². The molecule has 0 spiro atoms. The molecule has 118 valence electrons. The molecule has 0 bridgehead atoms. The molecule has 0 saturated heterocycles. The number of benzene rings is 2. The summed E-state index contributed by atoms with van der Waals surface area (Å²) in [6.45, 7) is 0.408. The smallest absolute Gasteiger partial charge is 0.331 e. The second-order valence-electron chi connectivity index (χ2n) is 4.99. The third-order valence-electron chi connectivity index (χ3n) is 3.40. The summed E-state index contributed by atoms with van der Waals surface area (Å²) in [5, 5.41) is 9.59. The number of halogens is 3. The maximum Gasteiger partial charge on any atom is 0.342 e. The molecule has 7 heteroatoms. The minimum atomic E-state index is -0.315. The number of anilines is 1. The van der Waals surface area contributed by atoms with Crippen molar-refractivity contribution >= 4 is 52.7 Å². The highest BCUT2D eigenvalue weighted by Gasteiger charge is 2.19. The highest BCUT2D eigenvalue weighted by Crippen LogP contribution is 2.33. The summed E-state index contributed by atoms with van der Waals surface area (Å²) in [6.07, 6.45) is 2.18. The lowest BCUT2D eigenvalue weighted by Gasteiger charge is -2.22. The topological polar surface area (TPSA) is 44.7 Å². The van der Waals surface area contributed by atoms with Crippen molar-refractivity contribution in [3.63, 3.8) is 0 Å². The molecule has 2 aromatic rings. The fourth-order valence-electron chi connectivity index (χ4n) is 2.25. The van der Waals surface area contributed by atoms with Crippen LogP contribution in [0.4, 0.5) is 10.5 Å². The lowest BCUT2D eigenvalue weighted by atomic mass is 10.0. The first-order chi connectivity index (χ1) is 11.0. The predicted octanol–water partition coefficient (Wildman–Crippen LogP) is 4.75. The second-order valence-corrected chi connectivity index (χ2v) is 6.24. The summed E-state index contributed by atoms with van der Waals surface area (Å²) in [4.78, 5) is 11.8. The van der Waals surface area contributed by atoms with Crippen molar-refractivity contribution in [2.45, 2.75) is 6.42 Å². The molecule has 0 atom stereocenters. The van der Waals surface area contributed by atoms with E-state index < -0.39 is 0 Å². The fraction of sp³-hybridized carbons (Fsp3) is 0.125. The molecular weight excluding hydrogens is 357 g/mol. The average Bonchev–Trinajstić information content (AvgIpc) is 2.53. The summed E-state index contributed by atoms with van der Waals surface area (Å²) in [6, 6.07) is 10.5. The Hall–Kier alpha value is -1.75. The third kappa shape index (κ3) is 3.61. The SMILES string of the molecule is O=C1NCC=NN1c1cc(Cl)c(Cc2ccc(Cl)cc2)c(Cl)c1. The molecule has 1 aliphatic heterocycles. The number of hydrogen-bond donors (Lipinski definition) is 1. The Kier molecular flexibility index (Phi) is 4.76. The molecular formula is C16H12Cl3N3O. The van der Waals surface area contributed by atoms with Gasteiger partial charge in [-0.2, -0.15) is 10.1 Å². The molecule has 0 radical (unpaired) electrons. The van der Waals surface area contributed by atoms with E-state index in [-0.39, 0.29) is 6.03 Å². The Morgan fingerprint density at radius 2 is 1.74 bits per heavy atom. The van der Waals surface area contributed by atoms with Gasteiger partial charge in [-0.05, 0) is 35.4 Å². The molecule has 3 rings (SSSR count). The van der Waals surface area contributed by atoms with Crippen LogP contribution in [-0.4, -0.2) is 18.8 Å². The highest BCUT2D eigenvalue weighted by atomic mass is 35.5. The first-order valence-electron chi connectivity index (χ1n) is 6.87. The quantitative estimate of drug-likeness (QED) is 0.834. The largest absolute Gasteiger partial charge is 0.342 e. The molecule has 0 unspecified atom stereocenters. The third-order valence-corrected chi connectivity index (χ3v) is 4.33. The molecule has 1 N–H and O–H groups in total. The summed E-state index contributed by atoms with van der Waals surface area (Å²) in [5.41, 5.74) is 2.36. The van der Waals surface area contributed by atoms with Gasteiger partial charge in [-0.15, -0.1) is 0 Å². The van der Waals surface area contributed by atoms with Gasteiger partial charge < -0.3 is 5.32 Å². The van der Waals surface area contributed by atoms with Crippen LogP contribution in [0.1, 0.15) is 11.1 Å². The van der Waals surface area contributed by atoms with E-state index in [4.69, 9.17) is 34.8 Å². The van der Waals surface area contributed by atoms with Crippen LogP contribution >= 0.6 is 34.8 Å². The van der Waals surface area contributed by atoms with E-state index in [1.807, 2.05) is 24.3 Å². The zero-order chi connectivity index (χ0) is 16.4. The van der Waals surface area contributed by atoms with Crippen LogP contribution in [0.5, 0.6) is 0 Å². The van der Waals surface area contributed by atoms with Crippen LogP contribution in [0.15, 0.2) is 41.5 Å². The first-order valence-corrected chi connectivity index (χ1v) is 8.01. The molecule has 4 nitrogen and oxygen atoms in total. The molecule has 0 aliphatic carbocycles. The summed E-state index contributed by atoms with van der Waals surface area (Å²) in [5.74, 6) is 0. The van der Waals surface area contributed by atoms with Crippen LogP contribution in [0, 0.1) is 0 Å². The van der Waals surface area contributed by atoms with E-state index in [0.29, 0.717) is 33.7 Å². The Balaban J connectivity index is 1.91. The monoisotopic (exact) mass is 367 g/mol. The lowest BCUT2D eigenvalue weighted by molar-refractivity contribution is 0.247. The Bertz CT molecular complexity index is 752. The molecule has 1 heterocycles. The van der Waals surface area contributed by atoms with Gasteiger partial charge >= 0.3 is 6.03 Å². The van der Waals surface area contributed by atoms with Crippen LogP contribution < -0.4 is 10.3 Å². The van der Waals surface area contributed by atoms with Crippen molar-refractivity contribution in [3.05, 3.63) is 62.6 Å². The fourth-order valence-corrected chi connectivity index (χ4v) is 2.99. The normalized spacial score (nSPS) is 14.0. The zero-order valence-corrected chi connectivity index (χ0v) is 14.2. The zero-order valence-electron chi connectivity index (χ0n) is 11.9. The van der Waals surface area contributed by atoms with Gasteiger partial charge in [-0.3, -0.25) is 0 Å². The van der Waals surface area contributed by atoms with Crippen LogP contribution in [0.3, 0.4) is 0 Å². The second kappa shape index (κ2) is 6.79. The van der Waals surface area contributed by atoms with Gasteiger partial charge in [0.1, 0.15) is 0 Å². The van der Waals surface area contributed by atoms with Gasteiger partial charge in [0, 0.05) is 27.7 Å². The molecule has 23 heavy (non-hydrogen) atoms. The lowest BCUT2D eigenvalue weighted by Crippen LogP contribution is -2.41. The standard InChI is InChI=1S/C16H12Cl3N3O/c17-11-3-1-10(2-4-11)7-13-14(18)8-12(9-15(13)19)22-16(23)20-5-6-21-22/h1-4,6,8-9H,5,7H2,(H,20,23). The Labute approximate surface area is 148 Å². The molecule has 2 aromatic carbocycles. The van der Waals surface area contributed by atoms with Crippen LogP contribution in [0.25, 0.3) is 0 Å². The van der Waals surface area contributed by atoms with Crippen LogP contribution in [0.2, 0.25) is 15.1 Å². The summed E-state index contributed by atoms with van der Waals surface area (Å²) >= 11 is 18.6. The van der Waals surface area contributed by atoms with Gasteiger partial charge in [0.15, 0.2) is 0 Å². The van der Waals surface area contributed by atoms with E-state index in [0.717, 1.165) is 11.1 Å². The average molecular weight is 369 g/mol. The first kappa shape index (κ1) is 16.1. The van der Waals surface area contributed by atoms with Gasteiger partial charge in [-0.1, -0.05) is 46.9 Å².